The molecule has 2 aromatic heterocycles. The van der Waals surface area contributed by atoms with E-state index in [1.807, 2.05) is 4.57 Å². The Hall–Kier alpha value is -1.83. The van der Waals surface area contributed by atoms with E-state index in [1.54, 1.807) is 7.05 Å². The first-order chi connectivity index (χ1) is 12.0. The molecular formula is C17H26N4O3S. The number of Topliss-reactive ketones (excluding diaryl/α,β-unsaturated/α-hetero) is 1. The Morgan fingerprint density at radius 1 is 1.16 bits per heavy atom. The first kappa shape index (κ1) is 19.5. The molecule has 2 rings (SSSR count). The van der Waals surface area contributed by atoms with Crippen LogP contribution in [0.15, 0.2) is 14.7 Å². The smallest absolute Gasteiger partial charge is 0.313 e. The molecule has 0 spiro atoms. The van der Waals surface area contributed by atoms with Crippen molar-refractivity contribution in [3.63, 3.8) is 0 Å². The summed E-state index contributed by atoms with van der Waals surface area (Å²) in [6.45, 7) is 4.37. The zero-order chi connectivity index (χ0) is 18.4. The van der Waals surface area contributed by atoms with Gasteiger partial charge in [-0.1, -0.05) is 50.8 Å². The number of ketones is 1. The van der Waals surface area contributed by atoms with Gasteiger partial charge in [0.1, 0.15) is 5.78 Å². The summed E-state index contributed by atoms with van der Waals surface area (Å²) < 4.78 is 3.19. The van der Waals surface area contributed by atoms with E-state index in [-0.39, 0.29) is 5.78 Å². The lowest BCUT2D eigenvalue weighted by Gasteiger charge is -2.08. The van der Waals surface area contributed by atoms with Crippen LogP contribution in [0.4, 0.5) is 0 Å². The lowest BCUT2D eigenvalue weighted by molar-refractivity contribution is -0.114. The van der Waals surface area contributed by atoms with Crippen LogP contribution in [0.2, 0.25) is 0 Å². The Kier molecular flexibility index (Phi) is 7.04. The van der Waals surface area contributed by atoms with Gasteiger partial charge >= 0.3 is 5.69 Å². The predicted molar refractivity (Wildman–Crippen MR) is 100 cm³/mol. The van der Waals surface area contributed by atoms with Crippen molar-refractivity contribution in [2.45, 2.75) is 64.1 Å². The number of imidazole rings is 1. The second kappa shape index (κ2) is 9.03. The molecule has 1 N–H and O–H groups in total. The van der Waals surface area contributed by atoms with Crippen molar-refractivity contribution >= 4 is 28.7 Å². The molecule has 0 aliphatic heterocycles. The SMILES string of the molecule is CCCCCCCCn1c(SCC(C)=O)nc2c1c(=O)[nH]c(=O)n2C. The van der Waals surface area contributed by atoms with E-state index >= 15 is 0 Å². The fourth-order valence-electron chi connectivity index (χ4n) is 2.75. The molecule has 0 bridgehead atoms. The van der Waals surface area contributed by atoms with Crippen LogP contribution in [-0.4, -0.2) is 30.6 Å². The Bertz CT molecular complexity index is 850. The summed E-state index contributed by atoms with van der Waals surface area (Å²) in [7, 11) is 1.59. The molecule has 138 valence electrons. The number of rotatable bonds is 10. The fourth-order valence-corrected chi connectivity index (χ4v) is 3.57. The molecule has 0 saturated carbocycles. The summed E-state index contributed by atoms with van der Waals surface area (Å²) in [5, 5.41) is 0.616. The van der Waals surface area contributed by atoms with Crippen LogP contribution in [0.25, 0.3) is 11.2 Å². The van der Waals surface area contributed by atoms with Crippen LogP contribution in [0.5, 0.6) is 0 Å². The second-order valence-electron chi connectivity index (χ2n) is 6.29. The molecule has 2 aromatic rings. The summed E-state index contributed by atoms with van der Waals surface area (Å²) in [6.07, 6.45) is 6.87. The number of nitrogens with zero attached hydrogens (tertiary/aromatic N) is 3. The molecule has 0 atom stereocenters. The van der Waals surface area contributed by atoms with Gasteiger partial charge in [-0.15, -0.1) is 0 Å². The number of hydrogen-bond acceptors (Lipinski definition) is 5. The van der Waals surface area contributed by atoms with E-state index in [4.69, 9.17) is 0 Å². The Labute approximate surface area is 150 Å². The number of unbranched alkanes of at least 4 members (excludes halogenated alkanes) is 5. The maximum atomic E-state index is 12.3. The summed E-state index contributed by atoms with van der Waals surface area (Å²) in [5.41, 5.74) is -0.136. The molecule has 0 unspecified atom stereocenters. The van der Waals surface area contributed by atoms with Gasteiger partial charge in [0.2, 0.25) is 0 Å². The van der Waals surface area contributed by atoms with Gasteiger partial charge in [0.15, 0.2) is 16.3 Å². The summed E-state index contributed by atoms with van der Waals surface area (Å²) >= 11 is 1.31. The molecule has 8 heteroatoms. The van der Waals surface area contributed by atoms with Crippen LogP contribution < -0.4 is 11.2 Å². The van der Waals surface area contributed by atoms with E-state index in [9.17, 15) is 14.4 Å². The third-order valence-corrected chi connectivity index (χ3v) is 5.23. The van der Waals surface area contributed by atoms with Crippen molar-refractivity contribution in [3.8, 4) is 0 Å². The van der Waals surface area contributed by atoms with Crippen LogP contribution in [0.1, 0.15) is 52.4 Å². The molecule has 0 aliphatic rings. The number of thioether (sulfide) groups is 1. The van der Waals surface area contributed by atoms with Gasteiger partial charge in [0.05, 0.1) is 5.75 Å². The van der Waals surface area contributed by atoms with Gasteiger partial charge in [0.25, 0.3) is 5.56 Å². The van der Waals surface area contributed by atoms with Gasteiger partial charge in [-0.3, -0.25) is 19.1 Å². The minimum Gasteiger partial charge on any atom is -0.313 e. The van der Waals surface area contributed by atoms with Crippen LogP contribution in [0.3, 0.4) is 0 Å². The maximum Gasteiger partial charge on any atom is 0.329 e. The van der Waals surface area contributed by atoms with E-state index in [0.29, 0.717) is 28.6 Å². The van der Waals surface area contributed by atoms with Crippen molar-refractivity contribution in [3.05, 3.63) is 20.8 Å². The third kappa shape index (κ3) is 4.84. The second-order valence-corrected chi connectivity index (χ2v) is 7.24. The normalized spacial score (nSPS) is 11.3. The summed E-state index contributed by atoms with van der Waals surface area (Å²) in [5.74, 6) is 0.344. The lowest BCUT2D eigenvalue weighted by atomic mass is 10.1. The molecule has 2 heterocycles. The molecule has 7 nitrogen and oxygen atoms in total. The highest BCUT2D eigenvalue weighted by Crippen LogP contribution is 2.22. The number of H-pyrrole nitrogens is 1. The van der Waals surface area contributed by atoms with Crippen molar-refractivity contribution in [2.75, 3.05) is 5.75 Å². The zero-order valence-electron chi connectivity index (χ0n) is 15.1. The molecule has 0 aromatic carbocycles. The first-order valence-corrected chi connectivity index (χ1v) is 9.76. The summed E-state index contributed by atoms with van der Waals surface area (Å²) in [4.78, 5) is 42.2. The minimum atomic E-state index is -0.482. The van der Waals surface area contributed by atoms with Gasteiger partial charge < -0.3 is 4.57 Å². The van der Waals surface area contributed by atoms with E-state index < -0.39 is 11.2 Å². The number of hydrogen-bond donors (Lipinski definition) is 1. The highest BCUT2D eigenvalue weighted by Gasteiger charge is 2.17. The van der Waals surface area contributed by atoms with E-state index in [1.165, 1.54) is 48.9 Å². The molecule has 0 saturated heterocycles. The van der Waals surface area contributed by atoms with Crippen molar-refractivity contribution in [1.82, 2.24) is 19.1 Å². The Morgan fingerprint density at radius 3 is 2.52 bits per heavy atom. The number of nitrogens with one attached hydrogen (secondary N) is 1. The molecule has 0 fully saturated rings. The summed E-state index contributed by atoms with van der Waals surface area (Å²) in [6, 6.07) is 0. The van der Waals surface area contributed by atoms with Gasteiger partial charge in [-0.05, 0) is 13.3 Å². The highest BCUT2D eigenvalue weighted by molar-refractivity contribution is 7.99. The van der Waals surface area contributed by atoms with E-state index in [2.05, 4.69) is 16.9 Å². The minimum absolute atomic E-state index is 0.0472. The Morgan fingerprint density at radius 2 is 1.84 bits per heavy atom. The van der Waals surface area contributed by atoms with Crippen LogP contribution >= 0.6 is 11.8 Å². The third-order valence-electron chi connectivity index (χ3n) is 4.11. The molecule has 0 aliphatic carbocycles. The standard InChI is InChI=1S/C17H26N4O3S/c1-4-5-6-7-8-9-10-21-13-14(18-17(21)25-11-12(2)22)20(3)16(24)19-15(13)23/h4-11H2,1-3H3,(H,19,23,24). The van der Waals surface area contributed by atoms with Gasteiger partial charge in [-0.25, -0.2) is 9.78 Å². The van der Waals surface area contributed by atoms with Gasteiger partial charge in [-0.2, -0.15) is 0 Å². The topological polar surface area (TPSA) is 89.8 Å². The fraction of sp³-hybridized carbons (Fsp3) is 0.647. The van der Waals surface area contributed by atoms with E-state index in [0.717, 1.165) is 12.8 Å². The predicted octanol–water partition coefficient (Wildman–Crippen LogP) is 2.46. The van der Waals surface area contributed by atoms with Crippen molar-refractivity contribution < 1.29 is 4.79 Å². The number of fused-ring (bicyclic) bond motifs is 1. The number of aromatic amines is 1. The lowest BCUT2D eigenvalue weighted by Crippen LogP contribution is -2.29. The average Bonchev–Trinajstić information content (AvgIpc) is 2.93. The highest BCUT2D eigenvalue weighted by atomic mass is 32.2. The molecule has 0 amide bonds. The Balaban J connectivity index is 2.28. The monoisotopic (exact) mass is 366 g/mol. The first-order valence-electron chi connectivity index (χ1n) is 8.77. The quantitative estimate of drug-likeness (QED) is 0.515. The van der Waals surface area contributed by atoms with Gasteiger partial charge in [0, 0.05) is 13.6 Å². The van der Waals surface area contributed by atoms with Crippen molar-refractivity contribution in [1.29, 1.82) is 0 Å². The van der Waals surface area contributed by atoms with Crippen LogP contribution in [0, 0.1) is 0 Å². The number of carbonyl (C=O) groups is 1. The largest absolute Gasteiger partial charge is 0.329 e. The van der Waals surface area contributed by atoms with Crippen molar-refractivity contribution in [2.24, 2.45) is 7.05 Å². The average molecular weight is 366 g/mol. The molecular weight excluding hydrogens is 340 g/mol. The van der Waals surface area contributed by atoms with Crippen LogP contribution in [-0.2, 0) is 18.4 Å². The zero-order valence-corrected chi connectivity index (χ0v) is 15.9. The maximum absolute atomic E-state index is 12.3. The molecule has 25 heavy (non-hydrogen) atoms. The molecule has 0 radical (unpaired) electrons. The number of aromatic nitrogens is 4. The number of carbonyl (C=O) groups excluding carboxylic acids is 1. The number of aryl methyl sites for hydroxylation is 2.